The molecule has 0 aliphatic carbocycles. The molecule has 2 unspecified atom stereocenters. The van der Waals surface area contributed by atoms with E-state index in [1.807, 2.05) is 16.7 Å². The standard InChI is InChI=1S/C14H16N5O5P/c15-14-10-1-2-11-13(12(10)16-6-17-14)19(7-18-11)8-3-9(23-4-8)5-24-25(20,21)22/h1-2,6-9H,3-5H2,(H2,15,16,17)(H2,20,21,22). The summed E-state index contributed by atoms with van der Waals surface area (Å²) in [6.07, 6.45) is 3.27. The zero-order chi connectivity index (χ0) is 17.6. The van der Waals surface area contributed by atoms with E-state index in [1.54, 1.807) is 6.33 Å². The predicted octanol–water partition coefficient (Wildman–Crippen LogP) is 1.00. The first-order valence-corrected chi connectivity index (χ1v) is 9.13. The van der Waals surface area contributed by atoms with Crippen LogP contribution < -0.4 is 5.73 Å². The van der Waals surface area contributed by atoms with Gasteiger partial charge in [-0.05, 0) is 18.6 Å². The Bertz CT molecular complexity index is 986. The number of nitrogen functional groups attached to an aromatic ring is 1. The van der Waals surface area contributed by atoms with Crippen molar-refractivity contribution in [1.82, 2.24) is 19.5 Å². The number of phosphoric ester groups is 1. The highest BCUT2D eigenvalue weighted by Crippen LogP contribution is 2.38. The van der Waals surface area contributed by atoms with Crippen molar-refractivity contribution in [2.45, 2.75) is 18.6 Å². The summed E-state index contributed by atoms with van der Waals surface area (Å²) in [5.41, 5.74) is 8.24. The van der Waals surface area contributed by atoms with Gasteiger partial charge in [0, 0.05) is 5.39 Å². The minimum absolute atomic E-state index is 0.0443. The van der Waals surface area contributed by atoms with E-state index in [0.29, 0.717) is 24.4 Å². The number of anilines is 1. The number of phosphoric acid groups is 1. The third-order valence-electron chi connectivity index (χ3n) is 4.25. The quantitative estimate of drug-likeness (QED) is 0.576. The van der Waals surface area contributed by atoms with Gasteiger partial charge >= 0.3 is 7.82 Å². The van der Waals surface area contributed by atoms with Gasteiger partial charge in [0.15, 0.2) is 0 Å². The predicted molar refractivity (Wildman–Crippen MR) is 88.6 cm³/mol. The monoisotopic (exact) mass is 365 g/mol. The average molecular weight is 365 g/mol. The minimum atomic E-state index is -4.51. The zero-order valence-electron chi connectivity index (χ0n) is 13.0. The Labute approximate surface area is 141 Å². The van der Waals surface area contributed by atoms with Gasteiger partial charge in [0.25, 0.3) is 0 Å². The molecule has 0 amide bonds. The average Bonchev–Trinajstić information content (AvgIpc) is 3.19. The van der Waals surface area contributed by atoms with Crippen LogP contribution in [0.1, 0.15) is 12.5 Å². The van der Waals surface area contributed by atoms with E-state index < -0.39 is 13.9 Å². The van der Waals surface area contributed by atoms with Gasteiger partial charge < -0.3 is 24.8 Å². The highest BCUT2D eigenvalue weighted by molar-refractivity contribution is 7.46. The molecule has 10 nitrogen and oxygen atoms in total. The Hall–Kier alpha value is -2.10. The number of benzene rings is 1. The van der Waals surface area contributed by atoms with Crippen LogP contribution in [0.2, 0.25) is 0 Å². The summed E-state index contributed by atoms with van der Waals surface area (Å²) >= 11 is 0. The molecule has 0 bridgehead atoms. The van der Waals surface area contributed by atoms with E-state index in [1.165, 1.54) is 6.33 Å². The Morgan fingerprint density at radius 3 is 3.00 bits per heavy atom. The smallest absolute Gasteiger partial charge is 0.383 e. The number of nitrogens with two attached hydrogens (primary N) is 1. The molecule has 0 radical (unpaired) electrons. The van der Waals surface area contributed by atoms with Crippen LogP contribution in [0.5, 0.6) is 0 Å². The van der Waals surface area contributed by atoms with Crippen molar-refractivity contribution >= 4 is 35.6 Å². The number of rotatable bonds is 4. The SMILES string of the molecule is Nc1ncnc2c1ccc1ncn(C3COC(COP(=O)(O)O)C3)c12. The second-order valence-electron chi connectivity index (χ2n) is 5.87. The molecule has 3 aromatic rings. The van der Waals surface area contributed by atoms with E-state index >= 15 is 0 Å². The van der Waals surface area contributed by atoms with Crippen molar-refractivity contribution in [3.8, 4) is 0 Å². The molecule has 2 atom stereocenters. The van der Waals surface area contributed by atoms with Crippen LogP contribution in [0.4, 0.5) is 5.82 Å². The van der Waals surface area contributed by atoms with Crippen molar-refractivity contribution in [2.24, 2.45) is 0 Å². The summed E-state index contributed by atoms with van der Waals surface area (Å²) in [7, 11) is -4.51. The molecule has 25 heavy (non-hydrogen) atoms. The summed E-state index contributed by atoms with van der Waals surface area (Å²) in [6, 6.07) is 3.65. The van der Waals surface area contributed by atoms with E-state index in [-0.39, 0.29) is 12.6 Å². The first-order valence-electron chi connectivity index (χ1n) is 7.60. The van der Waals surface area contributed by atoms with Crippen LogP contribution in [0.3, 0.4) is 0 Å². The lowest BCUT2D eigenvalue weighted by Gasteiger charge is -2.13. The topological polar surface area (TPSA) is 146 Å². The highest BCUT2D eigenvalue weighted by Gasteiger charge is 2.30. The molecule has 1 fully saturated rings. The second-order valence-corrected chi connectivity index (χ2v) is 7.11. The lowest BCUT2D eigenvalue weighted by molar-refractivity contribution is 0.0534. The van der Waals surface area contributed by atoms with Gasteiger partial charge in [0.05, 0.1) is 42.7 Å². The fraction of sp³-hybridized carbons (Fsp3) is 0.357. The van der Waals surface area contributed by atoms with Crippen molar-refractivity contribution < 1.29 is 23.6 Å². The number of imidazole rings is 1. The van der Waals surface area contributed by atoms with E-state index in [0.717, 1.165) is 16.4 Å². The maximum absolute atomic E-state index is 10.8. The lowest BCUT2D eigenvalue weighted by atomic mass is 10.1. The molecule has 0 saturated carbocycles. The van der Waals surface area contributed by atoms with Crippen molar-refractivity contribution in [3.63, 3.8) is 0 Å². The molecule has 1 aliphatic rings. The van der Waals surface area contributed by atoms with Crippen LogP contribution >= 0.6 is 7.82 Å². The van der Waals surface area contributed by atoms with Crippen molar-refractivity contribution in [3.05, 3.63) is 24.8 Å². The molecule has 11 heteroatoms. The summed E-state index contributed by atoms with van der Waals surface area (Å²) in [6.45, 7) is 0.223. The van der Waals surface area contributed by atoms with Crippen LogP contribution in [-0.4, -0.2) is 48.6 Å². The largest absolute Gasteiger partial charge is 0.469 e. The van der Waals surface area contributed by atoms with E-state index in [4.69, 9.17) is 20.3 Å². The number of hydrogen-bond donors (Lipinski definition) is 3. The van der Waals surface area contributed by atoms with Gasteiger partial charge in [-0.25, -0.2) is 19.5 Å². The number of hydrogen-bond acceptors (Lipinski definition) is 7. The summed E-state index contributed by atoms with van der Waals surface area (Å²) in [5, 5.41) is 0.747. The van der Waals surface area contributed by atoms with E-state index in [9.17, 15) is 4.57 Å². The Morgan fingerprint density at radius 1 is 1.36 bits per heavy atom. The van der Waals surface area contributed by atoms with Gasteiger partial charge in [0.1, 0.15) is 17.7 Å². The number of aromatic nitrogens is 4. The third kappa shape index (κ3) is 3.10. The normalized spacial score (nSPS) is 21.4. The molecule has 3 heterocycles. The van der Waals surface area contributed by atoms with Crippen molar-refractivity contribution in [1.29, 1.82) is 0 Å². The number of fused-ring (bicyclic) bond motifs is 3. The fourth-order valence-corrected chi connectivity index (χ4v) is 3.48. The zero-order valence-corrected chi connectivity index (χ0v) is 13.9. The molecule has 0 spiro atoms. The Kier molecular flexibility index (Phi) is 3.94. The molecule has 4 N–H and O–H groups in total. The summed E-state index contributed by atoms with van der Waals surface area (Å²) in [5.74, 6) is 0.398. The van der Waals surface area contributed by atoms with Crippen molar-refractivity contribution in [2.75, 3.05) is 18.9 Å². The first-order chi connectivity index (χ1) is 11.9. The molecular formula is C14H16N5O5P. The number of nitrogens with zero attached hydrogens (tertiary/aromatic N) is 4. The third-order valence-corrected chi connectivity index (χ3v) is 4.74. The van der Waals surface area contributed by atoms with Gasteiger partial charge in [-0.2, -0.15) is 0 Å². The summed E-state index contributed by atoms with van der Waals surface area (Å²) in [4.78, 5) is 30.4. The fourth-order valence-electron chi connectivity index (χ4n) is 3.12. The maximum Gasteiger partial charge on any atom is 0.469 e. The van der Waals surface area contributed by atoms with Crippen LogP contribution in [0.15, 0.2) is 24.8 Å². The van der Waals surface area contributed by atoms with Gasteiger partial charge in [0.2, 0.25) is 0 Å². The minimum Gasteiger partial charge on any atom is -0.383 e. The van der Waals surface area contributed by atoms with Crippen LogP contribution in [0, 0.1) is 0 Å². The second kappa shape index (κ2) is 6.01. The van der Waals surface area contributed by atoms with Gasteiger partial charge in [-0.1, -0.05) is 0 Å². The molecule has 2 aromatic heterocycles. The molecule has 1 aromatic carbocycles. The van der Waals surface area contributed by atoms with Gasteiger partial charge in [-0.15, -0.1) is 0 Å². The highest BCUT2D eigenvalue weighted by atomic mass is 31.2. The maximum atomic E-state index is 10.8. The molecule has 4 rings (SSSR count). The Balaban J connectivity index is 1.66. The summed E-state index contributed by atoms with van der Waals surface area (Å²) < 4.78 is 22.9. The van der Waals surface area contributed by atoms with Crippen LogP contribution in [0.25, 0.3) is 21.9 Å². The molecule has 1 saturated heterocycles. The first kappa shape index (κ1) is 16.4. The van der Waals surface area contributed by atoms with E-state index in [2.05, 4.69) is 19.5 Å². The molecule has 1 aliphatic heterocycles. The Morgan fingerprint density at radius 2 is 2.20 bits per heavy atom. The van der Waals surface area contributed by atoms with Crippen LogP contribution in [-0.2, 0) is 13.8 Å². The lowest BCUT2D eigenvalue weighted by Crippen LogP contribution is -2.14. The molecular weight excluding hydrogens is 349 g/mol. The van der Waals surface area contributed by atoms with Gasteiger partial charge in [-0.3, -0.25) is 4.52 Å². The molecule has 132 valence electrons. The number of ether oxygens (including phenoxy) is 1.